The first-order valence-corrected chi connectivity index (χ1v) is 8.87. The van der Waals surface area contributed by atoms with E-state index in [9.17, 15) is 12.8 Å². The zero-order valence-corrected chi connectivity index (χ0v) is 13.2. The van der Waals surface area contributed by atoms with Crippen molar-refractivity contribution in [3.05, 3.63) is 30.1 Å². The number of rotatable bonds is 5. The average molecular weight is 330 g/mol. The second-order valence-corrected chi connectivity index (χ2v) is 7.48. The molecule has 0 heterocycles. The molecule has 0 spiro atoms. The van der Waals surface area contributed by atoms with E-state index in [4.69, 9.17) is 18.0 Å². The number of benzene rings is 1. The van der Waals surface area contributed by atoms with Gasteiger partial charge in [0.25, 0.3) is 0 Å². The molecule has 1 unspecified atom stereocenters. The minimum atomic E-state index is -3.98. The number of thiocarbonyl (C=S) groups is 1. The molecule has 1 fully saturated rings. The lowest BCUT2D eigenvalue weighted by Gasteiger charge is -2.30. The third kappa shape index (κ3) is 3.99. The summed E-state index contributed by atoms with van der Waals surface area (Å²) < 4.78 is 40.9. The molecule has 2 rings (SSSR count). The molecule has 0 amide bonds. The zero-order chi connectivity index (χ0) is 15.5. The van der Waals surface area contributed by atoms with Gasteiger partial charge in [-0.25, -0.2) is 17.5 Å². The predicted octanol–water partition coefficient (Wildman–Crippen LogP) is 2.34. The van der Waals surface area contributed by atoms with E-state index in [0.717, 1.165) is 38.2 Å². The normalized spacial score (nSPS) is 18.3. The van der Waals surface area contributed by atoms with Crippen LogP contribution in [0.15, 0.2) is 29.2 Å². The van der Waals surface area contributed by atoms with Crippen molar-refractivity contribution in [2.45, 2.75) is 43.0 Å². The second-order valence-electron chi connectivity index (χ2n) is 5.33. The van der Waals surface area contributed by atoms with Gasteiger partial charge in [0.2, 0.25) is 10.0 Å². The van der Waals surface area contributed by atoms with Crippen molar-refractivity contribution in [2.24, 2.45) is 11.7 Å². The molecule has 21 heavy (non-hydrogen) atoms. The van der Waals surface area contributed by atoms with Crippen molar-refractivity contribution < 1.29 is 12.8 Å². The summed E-state index contributed by atoms with van der Waals surface area (Å²) >= 11 is 5.01. The van der Waals surface area contributed by atoms with Crippen LogP contribution in [0.25, 0.3) is 0 Å². The summed E-state index contributed by atoms with van der Waals surface area (Å²) in [6, 6.07) is 4.65. The monoisotopic (exact) mass is 330 g/mol. The van der Waals surface area contributed by atoms with Crippen LogP contribution in [0.1, 0.15) is 32.1 Å². The van der Waals surface area contributed by atoms with E-state index in [1.807, 2.05) is 0 Å². The molecule has 7 heteroatoms. The van der Waals surface area contributed by atoms with Crippen LogP contribution in [-0.4, -0.2) is 19.4 Å². The molecule has 1 aromatic carbocycles. The highest BCUT2D eigenvalue weighted by atomic mass is 32.2. The van der Waals surface area contributed by atoms with Gasteiger partial charge in [-0.05, 0) is 30.9 Å². The predicted molar refractivity (Wildman–Crippen MR) is 83.9 cm³/mol. The van der Waals surface area contributed by atoms with Crippen molar-refractivity contribution >= 4 is 27.2 Å². The number of nitrogens with two attached hydrogens (primary N) is 1. The second kappa shape index (κ2) is 6.81. The maximum Gasteiger partial charge on any atom is 0.244 e. The molecule has 116 valence electrons. The Labute approximate surface area is 130 Å². The van der Waals surface area contributed by atoms with Crippen LogP contribution in [0, 0.1) is 11.7 Å². The first kappa shape index (κ1) is 16.3. The van der Waals surface area contributed by atoms with Gasteiger partial charge < -0.3 is 5.73 Å². The SMILES string of the molecule is NC(=S)C(NS(=O)(=O)c1ccccc1F)C1CCCCC1. The minimum Gasteiger partial charge on any atom is -0.392 e. The lowest BCUT2D eigenvalue weighted by molar-refractivity contribution is 0.330. The van der Waals surface area contributed by atoms with Gasteiger partial charge in [-0.3, -0.25) is 0 Å². The Morgan fingerprint density at radius 3 is 2.48 bits per heavy atom. The Balaban J connectivity index is 2.23. The summed E-state index contributed by atoms with van der Waals surface area (Å²) in [5.74, 6) is -0.701. The Bertz CT molecular complexity index is 613. The highest BCUT2D eigenvalue weighted by Gasteiger charge is 2.31. The molecule has 1 aliphatic carbocycles. The molecule has 3 N–H and O–H groups in total. The zero-order valence-electron chi connectivity index (χ0n) is 11.6. The molecular formula is C14H19FN2O2S2. The third-order valence-corrected chi connectivity index (χ3v) is 5.56. The molecule has 1 atom stereocenters. The van der Waals surface area contributed by atoms with Gasteiger partial charge in [-0.15, -0.1) is 0 Å². The van der Waals surface area contributed by atoms with E-state index in [0.29, 0.717) is 0 Å². The molecule has 1 aliphatic rings. The topological polar surface area (TPSA) is 72.2 Å². The number of hydrogen-bond acceptors (Lipinski definition) is 3. The fourth-order valence-corrected chi connectivity index (χ4v) is 4.44. The van der Waals surface area contributed by atoms with Crippen molar-refractivity contribution in [1.29, 1.82) is 0 Å². The van der Waals surface area contributed by atoms with Gasteiger partial charge in [-0.1, -0.05) is 43.6 Å². The molecule has 0 bridgehead atoms. The standard InChI is InChI=1S/C14H19FN2O2S2/c15-11-8-4-5-9-12(11)21(18,19)17-13(14(16)20)10-6-2-1-3-7-10/h4-5,8-10,13,17H,1-3,6-7H2,(H2,16,20). The smallest absolute Gasteiger partial charge is 0.244 e. The van der Waals surface area contributed by atoms with E-state index in [-0.39, 0.29) is 15.8 Å². The molecular weight excluding hydrogens is 311 g/mol. The Morgan fingerprint density at radius 1 is 1.29 bits per heavy atom. The Kier molecular flexibility index (Phi) is 5.29. The number of halogens is 1. The van der Waals surface area contributed by atoms with Crippen LogP contribution in [0.2, 0.25) is 0 Å². The molecule has 0 saturated heterocycles. The molecule has 0 radical (unpaired) electrons. The van der Waals surface area contributed by atoms with Crippen LogP contribution in [0.4, 0.5) is 4.39 Å². The molecule has 1 saturated carbocycles. The molecule has 0 aromatic heterocycles. The highest BCUT2D eigenvalue weighted by molar-refractivity contribution is 7.89. The molecule has 1 aromatic rings. The van der Waals surface area contributed by atoms with Crippen molar-refractivity contribution in [2.75, 3.05) is 0 Å². The van der Waals surface area contributed by atoms with Crippen LogP contribution in [0.3, 0.4) is 0 Å². The quantitative estimate of drug-likeness (QED) is 0.813. The third-order valence-electron chi connectivity index (χ3n) is 3.84. The average Bonchev–Trinajstić information content (AvgIpc) is 2.46. The largest absolute Gasteiger partial charge is 0.392 e. The minimum absolute atomic E-state index is 0.0813. The van der Waals surface area contributed by atoms with E-state index in [1.54, 1.807) is 0 Å². The van der Waals surface area contributed by atoms with Crippen molar-refractivity contribution in [3.63, 3.8) is 0 Å². The van der Waals surface area contributed by atoms with E-state index in [1.165, 1.54) is 18.2 Å². The van der Waals surface area contributed by atoms with Crippen molar-refractivity contribution in [1.82, 2.24) is 4.72 Å². The fraction of sp³-hybridized carbons (Fsp3) is 0.500. The van der Waals surface area contributed by atoms with Crippen LogP contribution in [0.5, 0.6) is 0 Å². The van der Waals surface area contributed by atoms with E-state index < -0.39 is 21.9 Å². The summed E-state index contributed by atoms with van der Waals surface area (Å²) in [5, 5.41) is 0. The van der Waals surface area contributed by atoms with Gasteiger partial charge in [0.1, 0.15) is 10.7 Å². The first-order chi connectivity index (χ1) is 9.92. The van der Waals surface area contributed by atoms with Gasteiger partial charge in [-0.2, -0.15) is 0 Å². The molecule has 0 aliphatic heterocycles. The van der Waals surface area contributed by atoms with Gasteiger partial charge in [0.05, 0.1) is 11.0 Å². The summed E-state index contributed by atoms with van der Waals surface area (Å²) in [7, 11) is -3.98. The Hall–Kier alpha value is -1.05. The van der Waals surface area contributed by atoms with E-state index >= 15 is 0 Å². The van der Waals surface area contributed by atoms with Crippen molar-refractivity contribution in [3.8, 4) is 0 Å². The van der Waals surface area contributed by atoms with Gasteiger partial charge in [0, 0.05) is 0 Å². The molecule has 4 nitrogen and oxygen atoms in total. The maximum atomic E-state index is 13.7. The number of nitrogens with one attached hydrogen (secondary N) is 1. The first-order valence-electron chi connectivity index (χ1n) is 6.98. The van der Waals surface area contributed by atoms with E-state index in [2.05, 4.69) is 4.72 Å². The number of hydrogen-bond donors (Lipinski definition) is 2. The lowest BCUT2D eigenvalue weighted by atomic mass is 9.84. The van der Waals surface area contributed by atoms with Gasteiger partial charge >= 0.3 is 0 Å². The Morgan fingerprint density at radius 2 is 1.90 bits per heavy atom. The lowest BCUT2D eigenvalue weighted by Crippen LogP contribution is -2.48. The van der Waals surface area contributed by atoms with Crippen LogP contribution in [-0.2, 0) is 10.0 Å². The fourth-order valence-electron chi connectivity index (χ4n) is 2.75. The summed E-state index contributed by atoms with van der Waals surface area (Å²) in [6.45, 7) is 0. The van der Waals surface area contributed by atoms with Gasteiger partial charge in [0.15, 0.2) is 0 Å². The highest BCUT2D eigenvalue weighted by Crippen LogP contribution is 2.27. The van der Waals surface area contributed by atoms with Crippen LogP contribution < -0.4 is 10.5 Å². The maximum absolute atomic E-state index is 13.7. The summed E-state index contributed by atoms with van der Waals surface area (Å²) in [4.78, 5) is -0.260. The number of sulfonamides is 1. The summed E-state index contributed by atoms with van der Waals surface area (Å²) in [6.07, 6.45) is 4.96. The summed E-state index contributed by atoms with van der Waals surface area (Å²) in [5.41, 5.74) is 5.70. The van der Waals surface area contributed by atoms with Crippen LogP contribution >= 0.6 is 12.2 Å².